The van der Waals surface area contributed by atoms with Gasteiger partial charge in [0.15, 0.2) is 0 Å². The van der Waals surface area contributed by atoms with Crippen LogP contribution < -0.4 is 11.4 Å². The molecule has 1 amide bonds. The Kier molecular flexibility index (Phi) is 5.20. The third-order valence-corrected chi connectivity index (χ3v) is 5.70. The average molecular weight is 365 g/mol. The molecule has 4 N–H and O–H groups in total. The molecule has 4 rings (SSSR count). The molecule has 1 aliphatic heterocycles. The summed E-state index contributed by atoms with van der Waals surface area (Å²) < 4.78 is 0. The predicted molar refractivity (Wildman–Crippen MR) is 99.9 cm³/mol. The Balaban J connectivity index is 0.00000182. The molecule has 2 aromatic rings. The zero-order valence-electron chi connectivity index (χ0n) is 14.2. The van der Waals surface area contributed by atoms with E-state index in [-0.39, 0.29) is 30.0 Å². The van der Waals surface area contributed by atoms with E-state index in [4.69, 9.17) is 5.73 Å². The largest absolute Gasteiger partial charge is 0.342 e. The Labute approximate surface area is 152 Å². The second-order valence-corrected chi connectivity index (χ2v) is 7.28. The quantitative estimate of drug-likeness (QED) is 0.771. The molecule has 1 saturated heterocycles. The highest BCUT2D eigenvalue weighted by Gasteiger charge is 2.42. The van der Waals surface area contributed by atoms with Crippen molar-refractivity contribution in [1.29, 1.82) is 0 Å². The molecule has 3 unspecified atom stereocenters. The van der Waals surface area contributed by atoms with Crippen LogP contribution in [0.1, 0.15) is 31.2 Å². The van der Waals surface area contributed by atoms with E-state index >= 15 is 0 Å². The van der Waals surface area contributed by atoms with Crippen LogP contribution in [0.2, 0.25) is 0 Å². The first-order chi connectivity index (χ1) is 11.6. The second kappa shape index (κ2) is 7.22. The first kappa shape index (κ1) is 18.0. The van der Waals surface area contributed by atoms with Crippen LogP contribution in [0.25, 0.3) is 11.0 Å². The molecule has 1 saturated carbocycles. The van der Waals surface area contributed by atoms with Gasteiger partial charge in [0.2, 0.25) is 5.91 Å². The van der Waals surface area contributed by atoms with Gasteiger partial charge in [-0.25, -0.2) is 4.79 Å². The molecule has 0 spiro atoms. The number of carbonyl (C=O) groups excluding carboxylic acids is 1. The number of aromatic amines is 2. The lowest BCUT2D eigenvalue weighted by atomic mass is 9.98. The van der Waals surface area contributed by atoms with Crippen LogP contribution >= 0.6 is 12.4 Å². The smallest absolute Gasteiger partial charge is 0.323 e. The molecule has 0 bridgehead atoms. The van der Waals surface area contributed by atoms with Crippen molar-refractivity contribution >= 4 is 29.3 Å². The Morgan fingerprint density at radius 1 is 1.20 bits per heavy atom. The second-order valence-electron chi connectivity index (χ2n) is 7.28. The predicted octanol–water partition coefficient (Wildman–Crippen LogP) is 1.80. The fourth-order valence-electron chi connectivity index (χ4n) is 4.35. The molecule has 2 fully saturated rings. The standard InChI is InChI=1S/C18H24N4O2.ClH/c19-14-6-5-12-9-22(10-13(12)14)17(23)3-1-2-11-4-7-15-16(8-11)21-18(24)20-15;/h4,7-8,12-14H,1-3,5-6,9-10,19H2,(H2,20,21,24);1H. The summed E-state index contributed by atoms with van der Waals surface area (Å²) in [6.07, 6.45) is 4.54. The van der Waals surface area contributed by atoms with Crippen molar-refractivity contribution in [2.24, 2.45) is 17.6 Å². The van der Waals surface area contributed by atoms with Crippen LogP contribution in [0.4, 0.5) is 0 Å². The summed E-state index contributed by atoms with van der Waals surface area (Å²) in [4.78, 5) is 31.2. The maximum Gasteiger partial charge on any atom is 0.323 e. The summed E-state index contributed by atoms with van der Waals surface area (Å²) in [6, 6.07) is 6.18. The molecule has 2 aliphatic rings. The third kappa shape index (κ3) is 3.60. The molecule has 1 aliphatic carbocycles. The van der Waals surface area contributed by atoms with Crippen LogP contribution in [0.5, 0.6) is 0 Å². The van der Waals surface area contributed by atoms with E-state index in [9.17, 15) is 9.59 Å². The van der Waals surface area contributed by atoms with Crippen LogP contribution in [-0.4, -0.2) is 39.9 Å². The van der Waals surface area contributed by atoms with Gasteiger partial charge < -0.3 is 20.6 Å². The first-order valence-electron chi connectivity index (χ1n) is 8.84. The summed E-state index contributed by atoms with van der Waals surface area (Å²) in [5.74, 6) is 1.39. The lowest BCUT2D eigenvalue weighted by Crippen LogP contribution is -2.33. The van der Waals surface area contributed by atoms with Crippen molar-refractivity contribution in [2.45, 2.75) is 38.1 Å². The zero-order valence-corrected chi connectivity index (χ0v) is 15.0. The third-order valence-electron chi connectivity index (χ3n) is 5.70. The lowest BCUT2D eigenvalue weighted by molar-refractivity contribution is -0.130. The van der Waals surface area contributed by atoms with E-state index in [1.54, 1.807) is 0 Å². The van der Waals surface area contributed by atoms with E-state index in [0.717, 1.165) is 48.9 Å². The van der Waals surface area contributed by atoms with Gasteiger partial charge in [-0.05, 0) is 55.2 Å². The van der Waals surface area contributed by atoms with Crippen molar-refractivity contribution in [3.05, 3.63) is 34.2 Å². The number of fused-ring (bicyclic) bond motifs is 2. The minimum absolute atomic E-state index is 0. The van der Waals surface area contributed by atoms with E-state index in [0.29, 0.717) is 18.3 Å². The maximum atomic E-state index is 12.4. The van der Waals surface area contributed by atoms with Gasteiger partial charge in [0.25, 0.3) is 0 Å². The number of aryl methyl sites for hydroxylation is 1. The molecule has 136 valence electrons. The van der Waals surface area contributed by atoms with Crippen LogP contribution in [0.15, 0.2) is 23.0 Å². The highest BCUT2D eigenvalue weighted by Crippen LogP contribution is 2.37. The van der Waals surface area contributed by atoms with E-state index in [2.05, 4.69) is 9.97 Å². The number of nitrogens with zero attached hydrogens (tertiary/aromatic N) is 1. The molecule has 3 atom stereocenters. The fraction of sp³-hybridized carbons (Fsp3) is 0.556. The number of H-pyrrole nitrogens is 2. The lowest BCUT2D eigenvalue weighted by Gasteiger charge is -2.18. The van der Waals surface area contributed by atoms with Crippen LogP contribution in [0.3, 0.4) is 0 Å². The van der Waals surface area contributed by atoms with Crippen LogP contribution in [-0.2, 0) is 11.2 Å². The number of nitrogens with one attached hydrogen (secondary N) is 2. The number of hydrogen-bond donors (Lipinski definition) is 3. The summed E-state index contributed by atoms with van der Waals surface area (Å²) in [6.45, 7) is 1.74. The van der Waals surface area contributed by atoms with Crippen molar-refractivity contribution in [2.75, 3.05) is 13.1 Å². The number of aromatic nitrogens is 2. The molecule has 25 heavy (non-hydrogen) atoms. The first-order valence-corrected chi connectivity index (χ1v) is 8.84. The minimum atomic E-state index is -0.185. The van der Waals surface area contributed by atoms with Gasteiger partial charge in [0.05, 0.1) is 11.0 Å². The molecule has 7 heteroatoms. The van der Waals surface area contributed by atoms with E-state index < -0.39 is 0 Å². The summed E-state index contributed by atoms with van der Waals surface area (Å²) >= 11 is 0. The Morgan fingerprint density at radius 2 is 2.00 bits per heavy atom. The van der Waals surface area contributed by atoms with Crippen molar-refractivity contribution < 1.29 is 4.79 Å². The monoisotopic (exact) mass is 364 g/mol. The van der Waals surface area contributed by atoms with Gasteiger partial charge in [0, 0.05) is 25.6 Å². The average Bonchev–Trinajstić information content (AvgIpc) is 3.22. The van der Waals surface area contributed by atoms with Crippen molar-refractivity contribution in [1.82, 2.24) is 14.9 Å². The summed E-state index contributed by atoms with van der Waals surface area (Å²) in [7, 11) is 0. The molecular weight excluding hydrogens is 340 g/mol. The number of amides is 1. The van der Waals surface area contributed by atoms with Crippen LogP contribution in [0, 0.1) is 11.8 Å². The van der Waals surface area contributed by atoms with E-state index in [1.165, 1.54) is 6.42 Å². The number of rotatable bonds is 4. The Bertz CT molecular complexity index is 815. The van der Waals surface area contributed by atoms with Gasteiger partial charge in [-0.2, -0.15) is 0 Å². The molecule has 0 radical (unpaired) electrons. The van der Waals surface area contributed by atoms with E-state index in [1.807, 2.05) is 23.1 Å². The van der Waals surface area contributed by atoms with Gasteiger partial charge in [0.1, 0.15) is 0 Å². The fourth-order valence-corrected chi connectivity index (χ4v) is 4.35. The highest BCUT2D eigenvalue weighted by molar-refractivity contribution is 5.85. The summed E-state index contributed by atoms with van der Waals surface area (Å²) in [5.41, 5.74) is 8.74. The number of carbonyl (C=O) groups is 1. The molecular formula is C18H25ClN4O2. The molecule has 1 aromatic carbocycles. The van der Waals surface area contributed by atoms with Gasteiger partial charge in [-0.15, -0.1) is 12.4 Å². The van der Waals surface area contributed by atoms with Crippen molar-refractivity contribution in [3.63, 3.8) is 0 Å². The number of imidazole rings is 1. The Morgan fingerprint density at radius 3 is 2.80 bits per heavy atom. The SMILES string of the molecule is Cl.NC1CCC2CN(C(=O)CCCc3ccc4[nH]c(=O)[nH]c4c3)CC12. The Hall–Kier alpha value is -1.79. The normalized spacial score (nSPS) is 25.2. The number of hydrogen-bond acceptors (Lipinski definition) is 3. The topological polar surface area (TPSA) is 95.0 Å². The van der Waals surface area contributed by atoms with Gasteiger partial charge in [-0.1, -0.05) is 6.07 Å². The highest BCUT2D eigenvalue weighted by atomic mass is 35.5. The molecule has 1 aromatic heterocycles. The zero-order chi connectivity index (χ0) is 16.7. The molecule has 6 nitrogen and oxygen atoms in total. The number of nitrogens with two attached hydrogens (primary N) is 1. The van der Waals surface area contributed by atoms with Gasteiger partial charge >= 0.3 is 5.69 Å². The maximum absolute atomic E-state index is 12.4. The number of benzene rings is 1. The number of likely N-dealkylation sites (tertiary alicyclic amines) is 1. The minimum Gasteiger partial charge on any atom is -0.342 e. The summed E-state index contributed by atoms with van der Waals surface area (Å²) in [5, 5.41) is 0. The van der Waals surface area contributed by atoms with Crippen molar-refractivity contribution in [3.8, 4) is 0 Å². The van der Waals surface area contributed by atoms with Gasteiger partial charge in [-0.3, -0.25) is 4.79 Å². The molecule has 2 heterocycles. The number of halogens is 1.